The molecule has 0 atom stereocenters. The smallest absolute Gasteiger partial charge is 0.279 e. The predicted molar refractivity (Wildman–Crippen MR) is 62.8 cm³/mol. The third-order valence-corrected chi connectivity index (χ3v) is 2.16. The Kier molecular flexibility index (Phi) is 3.00. The van der Waals surface area contributed by atoms with Crippen LogP contribution in [0, 0.1) is 6.92 Å². The molecule has 86 valence electrons. The molecule has 17 heavy (non-hydrogen) atoms. The molecule has 0 saturated carbocycles. The van der Waals surface area contributed by atoms with Crippen molar-refractivity contribution in [1.82, 2.24) is 9.97 Å². The summed E-state index contributed by atoms with van der Waals surface area (Å²) in [4.78, 5) is 19.6. The maximum absolute atomic E-state index is 11.8. The van der Waals surface area contributed by atoms with E-state index in [1.54, 1.807) is 18.3 Å². The van der Waals surface area contributed by atoms with E-state index in [2.05, 4.69) is 15.3 Å². The van der Waals surface area contributed by atoms with E-state index in [9.17, 15) is 9.90 Å². The lowest BCUT2D eigenvalue weighted by Crippen LogP contribution is -2.14. The molecular formula is C12H11N3O2. The summed E-state index contributed by atoms with van der Waals surface area (Å²) in [6.07, 6.45) is 3.04. The molecule has 0 fully saturated rings. The van der Waals surface area contributed by atoms with Crippen LogP contribution in [-0.4, -0.2) is 21.0 Å². The van der Waals surface area contributed by atoms with Gasteiger partial charge < -0.3 is 10.4 Å². The van der Waals surface area contributed by atoms with Crippen molar-refractivity contribution in [2.24, 2.45) is 0 Å². The summed E-state index contributed by atoms with van der Waals surface area (Å²) in [7, 11) is 0. The highest BCUT2D eigenvalue weighted by atomic mass is 16.3. The van der Waals surface area contributed by atoms with Gasteiger partial charge in [-0.1, -0.05) is 0 Å². The second kappa shape index (κ2) is 4.61. The fourth-order valence-electron chi connectivity index (χ4n) is 1.35. The van der Waals surface area contributed by atoms with Crippen LogP contribution in [0.4, 0.5) is 5.82 Å². The molecule has 0 saturated heterocycles. The zero-order valence-electron chi connectivity index (χ0n) is 9.21. The molecule has 0 unspecified atom stereocenters. The van der Waals surface area contributed by atoms with Crippen LogP contribution in [0.15, 0.2) is 36.7 Å². The van der Waals surface area contributed by atoms with Gasteiger partial charge in [-0.15, -0.1) is 0 Å². The number of aromatic nitrogens is 2. The first-order valence-corrected chi connectivity index (χ1v) is 5.05. The largest absolute Gasteiger partial charge is 0.505 e. The van der Waals surface area contributed by atoms with E-state index in [1.165, 1.54) is 12.3 Å². The van der Waals surface area contributed by atoms with Crippen molar-refractivity contribution in [2.75, 3.05) is 5.32 Å². The van der Waals surface area contributed by atoms with Crippen LogP contribution in [0.2, 0.25) is 0 Å². The highest BCUT2D eigenvalue weighted by molar-refractivity contribution is 6.04. The lowest BCUT2D eigenvalue weighted by molar-refractivity contribution is 0.101. The van der Waals surface area contributed by atoms with E-state index in [0.717, 1.165) is 5.56 Å². The summed E-state index contributed by atoms with van der Waals surface area (Å²) < 4.78 is 0. The minimum Gasteiger partial charge on any atom is -0.505 e. The van der Waals surface area contributed by atoms with E-state index in [4.69, 9.17) is 0 Å². The third kappa shape index (κ3) is 2.57. The van der Waals surface area contributed by atoms with Crippen molar-refractivity contribution in [3.63, 3.8) is 0 Å². The van der Waals surface area contributed by atoms with Gasteiger partial charge >= 0.3 is 0 Å². The van der Waals surface area contributed by atoms with E-state index in [-0.39, 0.29) is 11.4 Å². The summed E-state index contributed by atoms with van der Waals surface area (Å²) in [6.45, 7) is 1.90. The number of aromatic hydroxyl groups is 1. The SMILES string of the molecule is Cc1ccnc(NC(=O)c2ncccc2O)c1. The summed E-state index contributed by atoms with van der Waals surface area (Å²) in [5, 5.41) is 12.0. The average Bonchev–Trinajstić information content (AvgIpc) is 2.29. The van der Waals surface area contributed by atoms with Crippen molar-refractivity contribution in [1.29, 1.82) is 0 Å². The van der Waals surface area contributed by atoms with Gasteiger partial charge in [-0.25, -0.2) is 9.97 Å². The number of nitrogens with zero attached hydrogens (tertiary/aromatic N) is 2. The number of aryl methyl sites for hydroxylation is 1. The number of carbonyl (C=O) groups is 1. The van der Waals surface area contributed by atoms with Crippen molar-refractivity contribution < 1.29 is 9.90 Å². The van der Waals surface area contributed by atoms with Gasteiger partial charge in [0.05, 0.1) is 0 Å². The number of amides is 1. The Morgan fingerprint density at radius 1 is 1.29 bits per heavy atom. The molecule has 0 radical (unpaired) electrons. The monoisotopic (exact) mass is 229 g/mol. The molecule has 5 nitrogen and oxygen atoms in total. The third-order valence-electron chi connectivity index (χ3n) is 2.16. The molecule has 1 amide bonds. The van der Waals surface area contributed by atoms with Crippen LogP contribution in [0.25, 0.3) is 0 Å². The van der Waals surface area contributed by atoms with E-state index >= 15 is 0 Å². The number of hydrogen-bond acceptors (Lipinski definition) is 4. The Hall–Kier alpha value is -2.43. The van der Waals surface area contributed by atoms with Crippen LogP contribution in [0.3, 0.4) is 0 Å². The molecule has 0 aliphatic carbocycles. The Morgan fingerprint density at radius 2 is 2.12 bits per heavy atom. The minimum atomic E-state index is -0.485. The number of rotatable bonds is 2. The molecule has 2 N–H and O–H groups in total. The van der Waals surface area contributed by atoms with Crippen LogP contribution >= 0.6 is 0 Å². The molecule has 0 bridgehead atoms. The zero-order chi connectivity index (χ0) is 12.3. The Balaban J connectivity index is 2.20. The van der Waals surface area contributed by atoms with Crippen LogP contribution in [0.5, 0.6) is 5.75 Å². The lowest BCUT2D eigenvalue weighted by Gasteiger charge is -2.05. The first-order valence-electron chi connectivity index (χ1n) is 5.05. The topological polar surface area (TPSA) is 75.1 Å². The quantitative estimate of drug-likeness (QED) is 0.822. The lowest BCUT2D eigenvalue weighted by atomic mass is 10.3. The minimum absolute atomic E-state index is 0.0178. The molecular weight excluding hydrogens is 218 g/mol. The molecule has 0 aliphatic rings. The summed E-state index contributed by atoms with van der Waals surface area (Å²) in [5.74, 6) is -0.209. The van der Waals surface area contributed by atoms with E-state index in [1.807, 2.05) is 13.0 Å². The summed E-state index contributed by atoms with van der Waals surface area (Å²) in [6, 6.07) is 6.52. The summed E-state index contributed by atoms with van der Waals surface area (Å²) in [5.41, 5.74) is 0.969. The summed E-state index contributed by atoms with van der Waals surface area (Å²) >= 11 is 0. The number of hydrogen-bond donors (Lipinski definition) is 2. The van der Waals surface area contributed by atoms with Gasteiger partial charge in [0.2, 0.25) is 0 Å². The second-order valence-electron chi connectivity index (χ2n) is 3.54. The first kappa shape index (κ1) is 11.1. The zero-order valence-corrected chi connectivity index (χ0v) is 9.21. The van der Waals surface area contributed by atoms with Crippen LogP contribution in [0.1, 0.15) is 16.1 Å². The van der Waals surface area contributed by atoms with Gasteiger partial charge in [-0.3, -0.25) is 4.79 Å². The van der Waals surface area contributed by atoms with Gasteiger partial charge in [0, 0.05) is 12.4 Å². The number of nitrogens with one attached hydrogen (secondary N) is 1. The highest BCUT2D eigenvalue weighted by Crippen LogP contribution is 2.14. The van der Waals surface area contributed by atoms with Crippen molar-refractivity contribution >= 4 is 11.7 Å². The fourth-order valence-corrected chi connectivity index (χ4v) is 1.35. The van der Waals surface area contributed by atoms with Crippen LogP contribution < -0.4 is 5.32 Å². The molecule has 2 aromatic heterocycles. The normalized spacial score (nSPS) is 9.94. The van der Waals surface area contributed by atoms with Gasteiger partial charge in [0.25, 0.3) is 5.91 Å². The predicted octanol–water partition coefficient (Wildman–Crippen LogP) is 1.74. The van der Waals surface area contributed by atoms with Crippen molar-refractivity contribution in [2.45, 2.75) is 6.92 Å². The Morgan fingerprint density at radius 3 is 2.82 bits per heavy atom. The van der Waals surface area contributed by atoms with Gasteiger partial charge in [0.1, 0.15) is 11.6 Å². The Bertz CT molecular complexity index is 555. The molecule has 2 aromatic rings. The van der Waals surface area contributed by atoms with Crippen LogP contribution in [-0.2, 0) is 0 Å². The molecule has 2 rings (SSSR count). The average molecular weight is 229 g/mol. The molecule has 2 heterocycles. The van der Waals surface area contributed by atoms with Gasteiger partial charge in [-0.05, 0) is 36.8 Å². The second-order valence-corrected chi connectivity index (χ2v) is 3.54. The number of pyridine rings is 2. The maximum Gasteiger partial charge on any atom is 0.279 e. The standard InChI is InChI=1S/C12H11N3O2/c1-8-4-6-13-10(7-8)15-12(17)11-9(16)3-2-5-14-11/h2-7,16H,1H3,(H,13,15,17). The van der Waals surface area contributed by atoms with Gasteiger partial charge in [0.15, 0.2) is 5.69 Å². The fraction of sp³-hybridized carbons (Fsp3) is 0.0833. The molecule has 0 spiro atoms. The number of carbonyl (C=O) groups excluding carboxylic acids is 1. The first-order chi connectivity index (χ1) is 8.16. The molecule has 0 aromatic carbocycles. The Labute approximate surface area is 98.2 Å². The van der Waals surface area contributed by atoms with Crippen molar-refractivity contribution in [3.05, 3.63) is 47.9 Å². The molecule has 5 heteroatoms. The molecule has 0 aliphatic heterocycles. The van der Waals surface area contributed by atoms with Crippen molar-refractivity contribution in [3.8, 4) is 5.75 Å². The number of anilines is 1. The van der Waals surface area contributed by atoms with E-state index < -0.39 is 5.91 Å². The van der Waals surface area contributed by atoms with Gasteiger partial charge in [-0.2, -0.15) is 0 Å². The van der Waals surface area contributed by atoms with E-state index in [0.29, 0.717) is 5.82 Å². The maximum atomic E-state index is 11.8. The highest BCUT2D eigenvalue weighted by Gasteiger charge is 2.12.